The SMILES string of the molecule is CC(C)Oc1c(Cl)cc(/C=N/NS(=O)(=O)c2ccc(F)cc2)cc1Cl. The van der Waals surface area contributed by atoms with E-state index in [1.165, 1.54) is 6.21 Å². The lowest BCUT2D eigenvalue weighted by molar-refractivity contribution is 0.243. The summed E-state index contributed by atoms with van der Waals surface area (Å²) < 4.78 is 42.4. The first-order chi connectivity index (χ1) is 11.7. The van der Waals surface area contributed by atoms with Crippen LogP contribution in [-0.4, -0.2) is 20.7 Å². The molecule has 0 unspecified atom stereocenters. The molecular formula is C16H15Cl2FN2O3S. The Kier molecular flexibility index (Phi) is 6.26. The van der Waals surface area contributed by atoms with Crippen molar-refractivity contribution in [2.24, 2.45) is 5.10 Å². The van der Waals surface area contributed by atoms with E-state index in [1.54, 1.807) is 12.1 Å². The van der Waals surface area contributed by atoms with E-state index in [2.05, 4.69) is 5.10 Å². The number of rotatable bonds is 6. The lowest BCUT2D eigenvalue weighted by Crippen LogP contribution is -2.18. The zero-order valence-corrected chi connectivity index (χ0v) is 15.7. The van der Waals surface area contributed by atoms with E-state index in [-0.39, 0.29) is 21.0 Å². The van der Waals surface area contributed by atoms with Gasteiger partial charge in [0.1, 0.15) is 5.82 Å². The molecule has 0 aliphatic rings. The fourth-order valence-electron chi connectivity index (χ4n) is 1.84. The van der Waals surface area contributed by atoms with E-state index in [0.29, 0.717) is 11.3 Å². The Morgan fingerprint density at radius 2 is 1.72 bits per heavy atom. The van der Waals surface area contributed by atoms with Crippen molar-refractivity contribution in [1.29, 1.82) is 0 Å². The Hall–Kier alpha value is -1.83. The van der Waals surface area contributed by atoms with E-state index < -0.39 is 15.8 Å². The van der Waals surface area contributed by atoms with Crippen LogP contribution in [0, 0.1) is 5.82 Å². The van der Waals surface area contributed by atoms with Crippen molar-refractivity contribution < 1.29 is 17.5 Å². The first-order valence-corrected chi connectivity index (χ1v) is 9.39. The number of hydrogen-bond donors (Lipinski definition) is 1. The van der Waals surface area contributed by atoms with Crippen molar-refractivity contribution in [3.63, 3.8) is 0 Å². The van der Waals surface area contributed by atoms with Crippen LogP contribution < -0.4 is 9.57 Å². The van der Waals surface area contributed by atoms with Crippen molar-refractivity contribution in [2.45, 2.75) is 24.8 Å². The van der Waals surface area contributed by atoms with Crippen molar-refractivity contribution >= 4 is 39.4 Å². The number of hydrazone groups is 1. The highest BCUT2D eigenvalue weighted by atomic mass is 35.5. The summed E-state index contributed by atoms with van der Waals surface area (Å²) in [4.78, 5) is 1.92. The second-order valence-electron chi connectivity index (χ2n) is 5.29. The molecule has 0 heterocycles. The number of nitrogens with zero attached hydrogens (tertiary/aromatic N) is 1. The number of sulfonamides is 1. The van der Waals surface area contributed by atoms with Crippen molar-refractivity contribution in [3.05, 3.63) is 57.8 Å². The van der Waals surface area contributed by atoms with E-state index in [9.17, 15) is 12.8 Å². The number of benzene rings is 2. The first-order valence-electron chi connectivity index (χ1n) is 7.15. The largest absolute Gasteiger partial charge is 0.488 e. The van der Waals surface area contributed by atoms with Crippen LogP contribution in [0.5, 0.6) is 5.75 Å². The molecule has 25 heavy (non-hydrogen) atoms. The quantitative estimate of drug-likeness (QED) is 0.578. The third kappa shape index (κ3) is 5.32. The minimum atomic E-state index is -3.90. The van der Waals surface area contributed by atoms with Crippen LogP contribution in [0.4, 0.5) is 4.39 Å². The summed E-state index contributed by atoms with van der Waals surface area (Å²) in [5.41, 5.74) is 0.480. The maximum Gasteiger partial charge on any atom is 0.276 e. The van der Waals surface area contributed by atoms with Crippen LogP contribution in [0.1, 0.15) is 19.4 Å². The monoisotopic (exact) mass is 404 g/mol. The Bertz CT molecular complexity index is 862. The molecule has 134 valence electrons. The molecule has 2 aromatic carbocycles. The van der Waals surface area contributed by atoms with Crippen LogP contribution in [0.15, 0.2) is 46.4 Å². The predicted molar refractivity (Wildman–Crippen MR) is 96.5 cm³/mol. The van der Waals surface area contributed by atoms with Gasteiger partial charge in [-0.15, -0.1) is 0 Å². The summed E-state index contributed by atoms with van der Waals surface area (Å²) in [5, 5.41) is 4.23. The van der Waals surface area contributed by atoms with Crippen LogP contribution in [0.2, 0.25) is 10.0 Å². The molecule has 0 radical (unpaired) electrons. The molecule has 2 aromatic rings. The van der Waals surface area contributed by atoms with Gasteiger partial charge in [-0.25, -0.2) is 9.22 Å². The van der Waals surface area contributed by atoms with Crippen molar-refractivity contribution in [2.75, 3.05) is 0 Å². The van der Waals surface area contributed by atoms with Crippen molar-refractivity contribution in [1.82, 2.24) is 4.83 Å². The highest BCUT2D eigenvalue weighted by molar-refractivity contribution is 7.89. The lowest BCUT2D eigenvalue weighted by Gasteiger charge is -2.13. The molecular weight excluding hydrogens is 390 g/mol. The Morgan fingerprint density at radius 1 is 1.16 bits per heavy atom. The lowest BCUT2D eigenvalue weighted by atomic mass is 10.2. The third-order valence-electron chi connectivity index (χ3n) is 2.88. The molecule has 0 aliphatic carbocycles. The van der Waals surface area contributed by atoms with Gasteiger partial charge in [-0.3, -0.25) is 0 Å². The molecule has 0 aliphatic heterocycles. The maximum absolute atomic E-state index is 12.9. The number of halogens is 3. The van der Waals surface area contributed by atoms with Gasteiger partial charge in [0.15, 0.2) is 5.75 Å². The van der Waals surface area contributed by atoms with E-state index >= 15 is 0 Å². The molecule has 1 N–H and O–H groups in total. The second-order valence-corrected chi connectivity index (χ2v) is 7.76. The summed E-state index contributed by atoms with van der Waals surface area (Å²) >= 11 is 12.2. The topological polar surface area (TPSA) is 67.8 Å². The highest BCUT2D eigenvalue weighted by Crippen LogP contribution is 2.34. The van der Waals surface area contributed by atoms with Crippen LogP contribution in [0.25, 0.3) is 0 Å². The van der Waals surface area contributed by atoms with Crippen LogP contribution in [-0.2, 0) is 10.0 Å². The van der Waals surface area contributed by atoms with Crippen LogP contribution in [0.3, 0.4) is 0 Å². The summed E-state index contributed by atoms with van der Waals surface area (Å²) in [6.07, 6.45) is 1.15. The Balaban J connectivity index is 2.15. The van der Waals surface area contributed by atoms with Gasteiger partial charge >= 0.3 is 0 Å². The zero-order chi connectivity index (χ0) is 18.6. The molecule has 0 spiro atoms. The summed E-state index contributed by atoms with van der Waals surface area (Å²) in [6, 6.07) is 7.45. The predicted octanol–water partition coefficient (Wildman–Crippen LogP) is 4.23. The first kappa shape index (κ1) is 19.5. The smallest absolute Gasteiger partial charge is 0.276 e. The van der Waals surface area contributed by atoms with Crippen LogP contribution >= 0.6 is 23.2 Å². The summed E-state index contributed by atoms with van der Waals surface area (Å²) in [5.74, 6) is -0.183. The third-order valence-corrected chi connectivity index (χ3v) is 4.68. The molecule has 0 saturated carbocycles. The molecule has 5 nitrogen and oxygen atoms in total. The molecule has 0 bridgehead atoms. The summed E-state index contributed by atoms with van der Waals surface area (Å²) in [7, 11) is -3.90. The average molecular weight is 405 g/mol. The van der Waals surface area contributed by atoms with Gasteiger partial charge in [-0.2, -0.15) is 13.5 Å². The summed E-state index contributed by atoms with van der Waals surface area (Å²) in [6.45, 7) is 3.68. The number of hydrogen-bond acceptors (Lipinski definition) is 4. The van der Waals surface area contributed by atoms with Gasteiger partial charge in [0.25, 0.3) is 10.0 Å². The van der Waals surface area contributed by atoms with Gasteiger partial charge in [0.05, 0.1) is 27.3 Å². The molecule has 0 aromatic heterocycles. The van der Waals surface area contributed by atoms with Crippen molar-refractivity contribution in [3.8, 4) is 5.75 Å². The second kappa shape index (κ2) is 8.03. The van der Waals surface area contributed by atoms with E-state index in [1.807, 2.05) is 18.7 Å². The average Bonchev–Trinajstić information content (AvgIpc) is 2.51. The highest BCUT2D eigenvalue weighted by Gasteiger charge is 2.13. The minimum Gasteiger partial charge on any atom is -0.488 e. The van der Waals surface area contributed by atoms with Gasteiger partial charge in [-0.05, 0) is 55.8 Å². The fourth-order valence-corrected chi connectivity index (χ4v) is 3.22. The minimum absolute atomic E-state index is 0.1000. The standard InChI is InChI=1S/C16H15Cl2FN2O3S/c1-10(2)24-16-14(17)7-11(8-15(16)18)9-20-21-25(22,23)13-5-3-12(19)4-6-13/h3-10,21H,1-2H3/b20-9+. The van der Waals surface area contributed by atoms with Gasteiger partial charge in [0.2, 0.25) is 0 Å². The molecule has 0 atom stereocenters. The van der Waals surface area contributed by atoms with E-state index in [4.69, 9.17) is 27.9 Å². The zero-order valence-electron chi connectivity index (χ0n) is 13.3. The molecule has 0 amide bonds. The maximum atomic E-state index is 12.9. The molecule has 2 rings (SSSR count). The molecule has 0 saturated heterocycles. The Labute approximate surface area is 155 Å². The van der Waals surface area contributed by atoms with Gasteiger partial charge in [-0.1, -0.05) is 23.2 Å². The normalized spacial score (nSPS) is 11.9. The molecule has 0 fully saturated rings. The molecule has 9 heteroatoms. The number of nitrogens with one attached hydrogen (secondary N) is 1. The number of ether oxygens (including phenoxy) is 1. The van der Waals surface area contributed by atoms with E-state index in [0.717, 1.165) is 24.3 Å². The fraction of sp³-hybridized carbons (Fsp3) is 0.188. The van der Waals surface area contributed by atoms with Gasteiger partial charge < -0.3 is 4.74 Å². The Morgan fingerprint density at radius 3 is 2.24 bits per heavy atom. The van der Waals surface area contributed by atoms with Gasteiger partial charge in [0, 0.05) is 0 Å².